The van der Waals surface area contributed by atoms with E-state index in [1.54, 1.807) is 0 Å². The number of hydrogen-bond acceptors (Lipinski definition) is 2. The molecule has 56 valence electrons. The van der Waals surface area contributed by atoms with Crippen LogP contribution in [0.25, 0.3) is 0 Å². The third-order valence-corrected chi connectivity index (χ3v) is 2.63. The van der Waals surface area contributed by atoms with Crippen molar-refractivity contribution in [3.8, 4) is 0 Å². The number of likely N-dealkylation sites (N-methyl/N-ethyl adjacent to an activating group) is 1. The van der Waals surface area contributed by atoms with Gasteiger partial charge in [-0.05, 0) is 25.3 Å². The zero-order valence-electron chi connectivity index (χ0n) is 5.95. The fourth-order valence-corrected chi connectivity index (χ4v) is 2.05. The van der Waals surface area contributed by atoms with Crippen molar-refractivity contribution in [3.63, 3.8) is 0 Å². The third-order valence-electron chi connectivity index (χ3n) is 2.63. The Balaban J connectivity index is 2.12. The van der Waals surface area contributed by atoms with Crippen molar-refractivity contribution >= 4 is 5.97 Å². The second-order valence-corrected chi connectivity index (χ2v) is 3.38. The molecular formula is C7H11NO2. The number of aliphatic carboxylic acids is 1. The first kappa shape index (κ1) is 6.16. The van der Waals surface area contributed by atoms with E-state index in [1.807, 2.05) is 11.9 Å². The number of piperidine rings is 1. The molecule has 1 N–H and O–H groups in total. The molecule has 2 rings (SSSR count). The van der Waals surface area contributed by atoms with Gasteiger partial charge in [0.1, 0.15) is 6.04 Å². The molecule has 0 bridgehead atoms. The lowest BCUT2D eigenvalue weighted by Crippen LogP contribution is -2.36. The van der Waals surface area contributed by atoms with Crippen molar-refractivity contribution in [3.05, 3.63) is 0 Å². The topological polar surface area (TPSA) is 40.5 Å². The third kappa shape index (κ3) is 0.669. The van der Waals surface area contributed by atoms with Crippen molar-refractivity contribution in [2.45, 2.75) is 12.5 Å². The molecular weight excluding hydrogens is 130 g/mol. The van der Waals surface area contributed by atoms with E-state index in [0.717, 1.165) is 13.0 Å². The molecule has 3 nitrogen and oxygen atoms in total. The predicted octanol–water partition coefficient (Wildman–Crippen LogP) is 0.0211. The first-order valence-corrected chi connectivity index (χ1v) is 3.63. The molecule has 0 aromatic heterocycles. The molecule has 3 atom stereocenters. The van der Waals surface area contributed by atoms with Crippen molar-refractivity contribution in [2.75, 3.05) is 13.6 Å². The lowest BCUT2D eigenvalue weighted by Gasteiger charge is -2.17. The van der Waals surface area contributed by atoms with Crippen LogP contribution in [-0.2, 0) is 4.79 Å². The Bertz CT molecular complexity index is 178. The number of fused-ring (bicyclic) bond motifs is 1. The summed E-state index contributed by atoms with van der Waals surface area (Å²) in [7, 11) is 1.89. The van der Waals surface area contributed by atoms with Gasteiger partial charge < -0.3 is 5.11 Å². The summed E-state index contributed by atoms with van der Waals surface area (Å²) in [5, 5.41) is 8.74. The first-order chi connectivity index (χ1) is 4.70. The molecule has 0 aromatic carbocycles. The van der Waals surface area contributed by atoms with E-state index in [0.29, 0.717) is 11.8 Å². The Labute approximate surface area is 59.6 Å². The molecule has 0 spiro atoms. The highest BCUT2D eigenvalue weighted by Crippen LogP contribution is 2.48. The Kier molecular flexibility index (Phi) is 1.06. The van der Waals surface area contributed by atoms with Crippen LogP contribution in [0.3, 0.4) is 0 Å². The average molecular weight is 141 g/mol. The predicted molar refractivity (Wildman–Crippen MR) is 35.7 cm³/mol. The van der Waals surface area contributed by atoms with Crippen LogP contribution in [0.15, 0.2) is 0 Å². The number of carboxylic acid groups (broad SMARTS) is 1. The highest BCUT2D eigenvalue weighted by molar-refractivity contribution is 5.75. The number of hydrogen-bond donors (Lipinski definition) is 1. The fourth-order valence-electron chi connectivity index (χ4n) is 2.05. The smallest absolute Gasteiger partial charge is 0.321 e. The van der Waals surface area contributed by atoms with Gasteiger partial charge in [-0.3, -0.25) is 9.69 Å². The van der Waals surface area contributed by atoms with Gasteiger partial charge in [-0.1, -0.05) is 0 Å². The zero-order chi connectivity index (χ0) is 7.30. The summed E-state index contributed by atoms with van der Waals surface area (Å²) in [5.74, 6) is 0.529. The van der Waals surface area contributed by atoms with Gasteiger partial charge >= 0.3 is 5.97 Å². The number of nitrogens with zero attached hydrogens (tertiary/aromatic N) is 1. The van der Waals surface area contributed by atoms with E-state index < -0.39 is 5.97 Å². The first-order valence-electron chi connectivity index (χ1n) is 3.63. The molecule has 1 aliphatic heterocycles. The largest absolute Gasteiger partial charge is 0.480 e. The van der Waals surface area contributed by atoms with Crippen LogP contribution in [0.2, 0.25) is 0 Å². The van der Waals surface area contributed by atoms with E-state index in [4.69, 9.17) is 5.11 Å². The van der Waals surface area contributed by atoms with Crippen LogP contribution in [-0.4, -0.2) is 35.6 Å². The molecule has 3 unspecified atom stereocenters. The van der Waals surface area contributed by atoms with Gasteiger partial charge in [0.25, 0.3) is 0 Å². The SMILES string of the molecule is CN1CC2CC2C1C(=O)O. The molecule has 1 saturated heterocycles. The molecule has 0 aromatic rings. The lowest BCUT2D eigenvalue weighted by atomic mass is 10.2. The van der Waals surface area contributed by atoms with E-state index >= 15 is 0 Å². The summed E-state index contributed by atoms with van der Waals surface area (Å²) in [4.78, 5) is 12.6. The Morgan fingerprint density at radius 1 is 1.70 bits per heavy atom. The van der Waals surface area contributed by atoms with Crippen molar-refractivity contribution in [1.82, 2.24) is 4.90 Å². The van der Waals surface area contributed by atoms with Gasteiger partial charge in [-0.2, -0.15) is 0 Å². The van der Waals surface area contributed by atoms with Crippen LogP contribution in [0.1, 0.15) is 6.42 Å². The molecule has 2 fully saturated rings. The molecule has 10 heavy (non-hydrogen) atoms. The zero-order valence-corrected chi connectivity index (χ0v) is 5.95. The van der Waals surface area contributed by atoms with Crippen molar-refractivity contribution in [1.29, 1.82) is 0 Å². The summed E-state index contributed by atoms with van der Waals surface area (Å²) in [6.07, 6.45) is 1.14. The standard InChI is InChI=1S/C7H11NO2/c1-8-3-4-2-5(4)6(8)7(9)10/h4-6H,2-3H2,1H3,(H,9,10). The van der Waals surface area contributed by atoms with Crippen LogP contribution >= 0.6 is 0 Å². The Morgan fingerprint density at radius 3 is 2.70 bits per heavy atom. The second kappa shape index (κ2) is 1.72. The summed E-state index contributed by atoms with van der Waals surface area (Å²) in [6.45, 7) is 0.988. The molecule has 1 heterocycles. The van der Waals surface area contributed by atoms with Crippen LogP contribution in [0, 0.1) is 11.8 Å². The van der Waals surface area contributed by atoms with Crippen LogP contribution < -0.4 is 0 Å². The minimum Gasteiger partial charge on any atom is -0.480 e. The maximum absolute atomic E-state index is 10.6. The second-order valence-electron chi connectivity index (χ2n) is 3.38. The highest BCUT2D eigenvalue weighted by Gasteiger charge is 2.54. The summed E-state index contributed by atoms with van der Waals surface area (Å²) < 4.78 is 0. The minimum atomic E-state index is -0.646. The molecule has 1 saturated carbocycles. The van der Waals surface area contributed by atoms with E-state index in [2.05, 4.69) is 0 Å². The minimum absolute atomic E-state index is 0.176. The number of rotatable bonds is 1. The highest BCUT2D eigenvalue weighted by atomic mass is 16.4. The Hall–Kier alpha value is -0.570. The van der Waals surface area contributed by atoms with Crippen LogP contribution in [0.5, 0.6) is 0 Å². The normalized spacial score (nSPS) is 45.1. The maximum Gasteiger partial charge on any atom is 0.321 e. The summed E-state index contributed by atoms with van der Waals surface area (Å²) >= 11 is 0. The van der Waals surface area contributed by atoms with E-state index in [-0.39, 0.29) is 6.04 Å². The lowest BCUT2D eigenvalue weighted by molar-refractivity contribution is -0.142. The fraction of sp³-hybridized carbons (Fsp3) is 0.857. The number of carboxylic acids is 1. The van der Waals surface area contributed by atoms with Gasteiger partial charge in [-0.15, -0.1) is 0 Å². The molecule has 2 aliphatic rings. The van der Waals surface area contributed by atoms with Gasteiger partial charge in [0, 0.05) is 6.54 Å². The van der Waals surface area contributed by atoms with E-state index in [1.165, 1.54) is 0 Å². The van der Waals surface area contributed by atoms with Gasteiger partial charge in [0.15, 0.2) is 0 Å². The quantitative estimate of drug-likeness (QED) is 0.559. The van der Waals surface area contributed by atoms with Gasteiger partial charge in [0.2, 0.25) is 0 Å². The summed E-state index contributed by atoms with van der Waals surface area (Å²) in [6, 6.07) is -0.176. The average Bonchev–Trinajstić information content (AvgIpc) is 2.42. The maximum atomic E-state index is 10.6. The van der Waals surface area contributed by atoms with Crippen molar-refractivity contribution in [2.24, 2.45) is 11.8 Å². The Morgan fingerprint density at radius 2 is 2.40 bits per heavy atom. The molecule has 1 aliphatic carbocycles. The van der Waals surface area contributed by atoms with Crippen LogP contribution in [0.4, 0.5) is 0 Å². The number of likely N-dealkylation sites (tertiary alicyclic amines) is 1. The van der Waals surface area contributed by atoms with E-state index in [9.17, 15) is 4.79 Å². The van der Waals surface area contributed by atoms with Gasteiger partial charge in [0.05, 0.1) is 0 Å². The van der Waals surface area contributed by atoms with Gasteiger partial charge in [-0.25, -0.2) is 0 Å². The molecule has 3 heteroatoms. The molecule has 0 amide bonds. The van der Waals surface area contributed by atoms with Crippen molar-refractivity contribution < 1.29 is 9.90 Å². The number of carbonyl (C=O) groups is 1. The summed E-state index contributed by atoms with van der Waals surface area (Å²) in [5.41, 5.74) is 0. The molecule has 0 radical (unpaired) electrons. The monoisotopic (exact) mass is 141 g/mol.